The van der Waals surface area contributed by atoms with Crippen LogP contribution < -0.4 is 0 Å². The molecule has 0 amide bonds. The monoisotopic (exact) mass is 372 g/mol. The van der Waals surface area contributed by atoms with E-state index in [1.165, 1.54) is 22.6 Å². The normalized spacial score (nSPS) is 11.5. The van der Waals surface area contributed by atoms with Gasteiger partial charge < -0.3 is 4.74 Å². The first kappa shape index (κ1) is 15.3. The van der Waals surface area contributed by atoms with Gasteiger partial charge in [0, 0.05) is 0 Å². The lowest BCUT2D eigenvalue weighted by Crippen LogP contribution is -2.27. The van der Waals surface area contributed by atoms with E-state index in [1.54, 1.807) is 20.8 Å². The van der Waals surface area contributed by atoms with Gasteiger partial charge in [-0.05, 0) is 48.9 Å². The lowest BCUT2D eigenvalue weighted by atomic mass is 10.1. The standard InChI is InChI=1S/C12H12F3IO2/c1-4-12(2,3)18-11(17)6-5-7(16)9(14)10(15)8(6)13/h5H,4H2,1-3H3. The van der Waals surface area contributed by atoms with E-state index in [9.17, 15) is 18.0 Å². The minimum absolute atomic E-state index is 0.173. The number of hydrogen-bond donors (Lipinski definition) is 0. The van der Waals surface area contributed by atoms with Crippen molar-refractivity contribution < 1.29 is 22.7 Å². The van der Waals surface area contributed by atoms with Crippen molar-refractivity contribution in [1.29, 1.82) is 0 Å². The van der Waals surface area contributed by atoms with Crippen molar-refractivity contribution in [2.45, 2.75) is 32.8 Å². The predicted molar refractivity (Wildman–Crippen MR) is 68.8 cm³/mol. The van der Waals surface area contributed by atoms with Gasteiger partial charge in [-0.3, -0.25) is 0 Å². The molecule has 0 aromatic heterocycles. The van der Waals surface area contributed by atoms with Gasteiger partial charge in [0.15, 0.2) is 17.5 Å². The maximum Gasteiger partial charge on any atom is 0.341 e. The molecule has 0 aliphatic carbocycles. The number of halogens is 4. The van der Waals surface area contributed by atoms with Gasteiger partial charge in [0.05, 0.1) is 9.13 Å². The molecule has 0 atom stereocenters. The molecule has 0 bridgehead atoms. The molecule has 0 unspecified atom stereocenters. The minimum atomic E-state index is -1.66. The maximum absolute atomic E-state index is 13.5. The topological polar surface area (TPSA) is 26.3 Å². The molecule has 6 heteroatoms. The Labute approximate surface area is 117 Å². The highest BCUT2D eigenvalue weighted by Gasteiger charge is 2.27. The zero-order valence-corrected chi connectivity index (χ0v) is 12.3. The third-order valence-electron chi connectivity index (χ3n) is 2.54. The molecule has 18 heavy (non-hydrogen) atoms. The summed E-state index contributed by atoms with van der Waals surface area (Å²) < 4.78 is 44.5. The van der Waals surface area contributed by atoms with Crippen molar-refractivity contribution in [3.8, 4) is 0 Å². The Morgan fingerprint density at radius 3 is 2.33 bits per heavy atom. The molecular weight excluding hydrogens is 360 g/mol. The Balaban J connectivity index is 3.15. The Morgan fingerprint density at radius 1 is 1.28 bits per heavy atom. The van der Waals surface area contributed by atoms with Crippen molar-refractivity contribution >= 4 is 28.6 Å². The van der Waals surface area contributed by atoms with Crippen LogP contribution in [0.4, 0.5) is 13.2 Å². The Bertz CT molecular complexity index is 487. The van der Waals surface area contributed by atoms with Crippen LogP contribution in [0, 0.1) is 21.0 Å². The number of ether oxygens (including phenoxy) is 1. The van der Waals surface area contributed by atoms with E-state index in [4.69, 9.17) is 4.74 Å². The number of carbonyl (C=O) groups excluding carboxylic acids is 1. The highest BCUT2D eigenvalue weighted by Crippen LogP contribution is 2.24. The SMILES string of the molecule is CCC(C)(C)OC(=O)c1cc(I)c(F)c(F)c1F. The van der Waals surface area contributed by atoms with E-state index in [2.05, 4.69) is 0 Å². The molecule has 0 aliphatic rings. The van der Waals surface area contributed by atoms with E-state index in [0.717, 1.165) is 6.07 Å². The first-order valence-corrected chi connectivity index (χ1v) is 6.34. The molecule has 1 aromatic rings. The van der Waals surface area contributed by atoms with E-state index < -0.39 is 34.6 Å². The highest BCUT2D eigenvalue weighted by atomic mass is 127. The third kappa shape index (κ3) is 3.15. The molecule has 0 saturated heterocycles. The molecule has 2 nitrogen and oxygen atoms in total. The van der Waals surface area contributed by atoms with Crippen molar-refractivity contribution in [2.75, 3.05) is 0 Å². The van der Waals surface area contributed by atoms with Crippen molar-refractivity contribution in [3.63, 3.8) is 0 Å². The zero-order chi connectivity index (χ0) is 14.1. The van der Waals surface area contributed by atoms with Crippen LogP contribution in [0.3, 0.4) is 0 Å². The van der Waals surface area contributed by atoms with Crippen molar-refractivity contribution in [1.82, 2.24) is 0 Å². The van der Waals surface area contributed by atoms with Crippen LogP contribution in [0.2, 0.25) is 0 Å². The van der Waals surface area contributed by atoms with E-state index in [-0.39, 0.29) is 3.57 Å². The number of esters is 1. The van der Waals surface area contributed by atoms with Crippen LogP contribution in [-0.2, 0) is 4.74 Å². The summed E-state index contributed by atoms with van der Waals surface area (Å²) in [5.74, 6) is -5.50. The molecule has 0 fully saturated rings. The lowest BCUT2D eigenvalue weighted by molar-refractivity contribution is -0.00302. The minimum Gasteiger partial charge on any atom is -0.456 e. The van der Waals surface area contributed by atoms with Gasteiger partial charge in [-0.15, -0.1) is 0 Å². The molecule has 1 rings (SSSR count). The Hall–Kier alpha value is -0.790. The number of rotatable bonds is 3. The number of hydrogen-bond acceptors (Lipinski definition) is 2. The second kappa shape index (κ2) is 5.46. The average molecular weight is 372 g/mol. The first-order valence-electron chi connectivity index (χ1n) is 5.26. The molecule has 0 aliphatic heterocycles. The van der Waals surface area contributed by atoms with Crippen LogP contribution in [0.5, 0.6) is 0 Å². The summed E-state index contributed by atoms with van der Waals surface area (Å²) in [5.41, 5.74) is -1.39. The van der Waals surface area contributed by atoms with Gasteiger partial charge >= 0.3 is 5.97 Å². The van der Waals surface area contributed by atoms with Gasteiger partial charge in [-0.25, -0.2) is 18.0 Å². The van der Waals surface area contributed by atoms with Gasteiger partial charge in [0.2, 0.25) is 0 Å². The van der Waals surface area contributed by atoms with Gasteiger partial charge in [-0.2, -0.15) is 0 Å². The molecule has 0 N–H and O–H groups in total. The molecule has 0 heterocycles. The van der Waals surface area contributed by atoms with Gasteiger partial charge in [0.25, 0.3) is 0 Å². The quantitative estimate of drug-likeness (QED) is 0.346. The number of benzene rings is 1. The van der Waals surface area contributed by atoms with E-state index in [1.807, 2.05) is 0 Å². The van der Waals surface area contributed by atoms with Crippen molar-refractivity contribution in [2.24, 2.45) is 0 Å². The van der Waals surface area contributed by atoms with Gasteiger partial charge in [0.1, 0.15) is 5.60 Å². The van der Waals surface area contributed by atoms with Crippen LogP contribution in [0.25, 0.3) is 0 Å². The third-order valence-corrected chi connectivity index (χ3v) is 3.33. The smallest absolute Gasteiger partial charge is 0.341 e. The maximum atomic E-state index is 13.5. The first-order chi connectivity index (χ1) is 8.19. The molecule has 100 valence electrons. The summed E-state index contributed by atoms with van der Waals surface area (Å²) in [7, 11) is 0. The van der Waals surface area contributed by atoms with E-state index in [0.29, 0.717) is 6.42 Å². The zero-order valence-electron chi connectivity index (χ0n) is 10.1. The second-order valence-electron chi connectivity index (χ2n) is 4.35. The molecule has 0 radical (unpaired) electrons. The second-order valence-corrected chi connectivity index (χ2v) is 5.51. The number of carbonyl (C=O) groups is 1. The fourth-order valence-corrected chi connectivity index (χ4v) is 1.65. The fraction of sp³-hybridized carbons (Fsp3) is 0.417. The summed E-state index contributed by atoms with van der Waals surface area (Å²) in [6.07, 6.45) is 0.515. The Kier molecular flexibility index (Phi) is 4.63. The van der Waals surface area contributed by atoms with Crippen LogP contribution in [0.15, 0.2) is 6.07 Å². The fourth-order valence-electron chi connectivity index (χ4n) is 1.10. The summed E-state index contributed by atoms with van der Waals surface area (Å²) in [6, 6.07) is 0.933. The molecule has 0 spiro atoms. The lowest BCUT2D eigenvalue weighted by Gasteiger charge is -2.23. The summed E-state index contributed by atoms with van der Waals surface area (Å²) >= 11 is 1.48. The summed E-state index contributed by atoms with van der Waals surface area (Å²) in [4.78, 5) is 11.7. The van der Waals surface area contributed by atoms with E-state index >= 15 is 0 Å². The molecule has 0 saturated carbocycles. The highest BCUT2D eigenvalue weighted by molar-refractivity contribution is 14.1. The average Bonchev–Trinajstić information content (AvgIpc) is 2.30. The van der Waals surface area contributed by atoms with Crippen LogP contribution >= 0.6 is 22.6 Å². The summed E-state index contributed by atoms with van der Waals surface area (Å²) in [5, 5.41) is 0. The molecular formula is C12H12F3IO2. The van der Waals surface area contributed by atoms with Crippen molar-refractivity contribution in [3.05, 3.63) is 32.7 Å². The Morgan fingerprint density at radius 2 is 1.83 bits per heavy atom. The summed E-state index contributed by atoms with van der Waals surface area (Å²) in [6.45, 7) is 5.08. The predicted octanol–water partition coefficient (Wildman–Crippen LogP) is 4.05. The molecule has 1 aromatic carbocycles. The van der Waals surface area contributed by atoms with Gasteiger partial charge in [-0.1, -0.05) is 6.92 Å². The largest absolute Gasteiger partial charge is 0.456 e. The van der Waals surface area contributed by atoms with Crippen LogP contribution in [0.1, 0.15) is 37.6 Å². The van der Waals surface area contributed by atoms with Crippen LogP contribution in [-0.4, -0.2) is 11.6 Å².